The summed E-state index contributed by atoms with van der Waals surface area (Å²) in [7, 11) is 0. The number of benzene rings is 1. The SMILES string of the molecule is CC1CC(N)CCN1C(=O)COc1cccc(Cl)c1. The zero-order chi connectivity index (χ0) is 13.8. The lowest BCUT2D eigenvalue weighted by Crippen LogP contribution is -2.49. The molecule has 1 aromatic rings. The molecule has 1 aliphatic rings. The monoisotopic (exact) mass is 282 g/mol. The topological polar surface area (TPSA) is 55.6 Å². The first-order valence-corrected chi connectivity index (χ1v) is 6.87. The lowest BCUT2D eigenvalue weighted by atomic mass is 9.99. The predicted octanol–water partition coefficient (Wildman–Crippen LogP) is 2.06. The van der Waals surface area contributed by atoms with Gasteiger partial charge in [0.15, 0.2) is 6.61 Å². The van der Waals surface area contributed by atoms with Crippen molar-refractivity contribution in [1.82, 2.24) is 4.90 Å². The third kappa shape index (κ3) is 3.85. The smallest absolute Gasteiger partial charge is 0.260 e. The van der Waals surface area contributed by atoms with E-state index in [-0.39, 0.29) is 24.6 Å². The minimum Gasteiger partial charge on any atom is -0.484 e. The number of hydrogen-bond acceptors (Lipinski definition) is 3. The average Bonchev–Trinajstić information content (AvgIpc) is 2.36. The van der Waals surface area contributed by atoms with Crippen LogP contribution in [0.5, 0.6) is 5.75 Å². The van der Waals surface area contributed by atoms with Gasteiger partial charge in [0.2, 0.25) is 0 Å². The van der Waals surface area contributed by atoms with E-state index < -0.39 is 0 Å². The maximum absolute atomic E-state index is 12.1. The highest BCUT2D eigenvalue weighted by Gasteiger charge is 2.27. The molecule has 1 saturated heterocycles. The van der Waals surface area contributed by atoms with Crippen molar-refractivity contribution >= 4 is 17.5 Å². The molecule has 1 aromatic carbocycles. The van der Waals surface area contributed by atoms with Crippen LogP contribution in [0, 0.1) is 0 Å². The van der Waals surface area contributed by atoms with Gasteiger partial charge in [0.05, 0.1) is 0 Å². The number of likely N-dealkylation sites (tertiary alicyclic amines) is 1. The van der Waals surface area contributed by atoms with Crippen LogP contribution in [0.4, 0.5) is 0 Å². The molecule has 1 amide bonds. The van der Waals surface area contributed by atoms with E-state index in [1.54, 1.807) is 24.3 Å². The van der Waals surface area contributed by atoms with Crippen LogP contribution in [0.1, 0.15) is 19.8 Å². The molecule has 4 nitrogen and oxygen atoms in total. The van der Waals surface area contributed by atoms with Crippen molar-refractivity contribution in [2.45, 2.75) is 31.8 Å². The van der Waals surface area contributed by atoms with Crippen LogP contribution in [0.15, 0.2) is 24.3 Å². The molecular formula is C14H19ClN2O2. The van der Waals surface area contributed by atoms with Gasteiger partial charge in [-0.25, -0.2) is 0 Å². The van der Waals surface area contributed by atoms with Gasteiger partial charge < -0.3 is 15.4 Å². The van der Waals surface area contributed by atoms with E-state index in [1.807, 2.05) is 11.8 Å². The van der Waals surface area contributed by atoms with E-state index in [0.717, 1.165) is 12.8 Å². The molecule has 0 bridgehead atoms. The van der Waals surface area contributed by atoms with E-state index in [1.165, 1.54) is 0 Å². The largest absolute Gasteiger partial charge is 0.484 e. The zero-order valence-electron chi connectivity index (χ0n) is 11.0. The van der Waals surface area contributed by atoms with E-state index >= 15 is 0 Å². The Bertz CT molecular complexity index is 453. The van der Waals surface area contributed by atoms with Crippen LogP contribution in [-0.2, 0) is 4.79 Å². The van der Waals surface area contributed by atoms with Crippen molar-refractivity contribution in [2.24, 2.45) is 5.73 Å². The second-order valence-electron chi connectivity index (χ2n) is 4.97. The van der Waals surface area contributed by atoms with Gasteiger partial charge in [-0.3, -0.25) is 4.79 Å². The normalized spacial score (nSPS) is 23.2. The van der Waals surface area contributed by atoms with Crippen LogP contribution in [0.2, 0.25) is 5.02 Å². The molecule has 0 saturated carbocycles. The summed E-state index contributed by atoms with van der Waals surface area (Å²) >= 11 is 5.86. The highest BCUT2D eigenvalue weighted by atomic mass is 35.5. The van der Waals surface area contributed by atoms with Crippen LogP contribution in [0.3, 0.4) is 0 Å². The van der Waals surface area contributed by atoms with E-state index in [0.29, 0.717) is 17.3 Å². The highest BCUT2D eigenvalue weighted by Crippen LogP contribution is 2.19. The van der Waals surface area contributed by atoms with E-state index in [2.05, 4.69) is 0 Å². The number of nitrogens with two attached hydrogens (primary N) is 1. The summed E-state index contributed by atoms with van der Waals surface area (Å²) in [6.45, 7) is 2.77. The molecular weight excluding hydrogens is 264 g/mol. The van der Waals surface area contributed by atoms with Gasteiger partial charge in [0.1, 0.15) is 5.75 Å². The molecule has 2 unspecified atom stereocenters. The Hall–Kier alpha value is -1.26. The summed E-state index contributed by atoms with van der Waals surface area (Å²) in [6.07, 6.45) is 1.70. The fraction of sp³-hybridized carbons (Fsp3) is 0.500. The number of nitrogens with zero attached hydrogens (tertiary/aromatic N) is 1. The van der Waals surface area contributed by atoms with Crippen molar-refractivity contribution in [3.8, 4) is 5.75 Å². The first-order valence-electron chi connectivity index (χ1n) is 6.49. The van der Waals surface area contributed by atoms with Gasteiger partial charge in [-0.2, -0.15) is 0 Å². The van der Waals surface area contributed by atoms with Gasteiger partial charge in [-0.1, -0.05) is 17.7 Å². The van der Waals surface area contributed by atoms with Gasteiger partial charge in [-0.05, 0) is 38.0 Å². The Morgan fingerprint density at radius 2 is 2.37 bits per heavy atom. The quantitative estimate of drug-likeness (QED) is 0.923. The Morgan fingerprint density at radius 1 is 1.58 bits per heavy atom. The van der Waals surface area contributed by atoms with E-state index in [4.69, 9.17) is 22.1 Å². The summed E-state index contributed by atoms with van der Waals surface area (Å²) in [5, 5.41) is 0.599. The van der Waals surface area contributed by atoms with Crippen LogP contribution < -0.4 is 10.5 Å². The third-order valence-electron chi connectivity index (χ3n) is 3.40. The molecule has 0 aromatic heterocycles. The molecule has 2 N–H and O–H groups in total. The van der Waals surface area contributed by atoms with Crippen molar-refractivity contribution in [2.75, 3.05) is 13.2 Å². The Morgan fingerprint density at radius 3 is 3.05 bits per heavy atom. The predicted molar refractivity (Wildman–Crippen MR) is 75.3 cm³/mol. The summed E-state index contributed by atoms with van der Waals surface area (Å²) in [4.78, 5) is 13.9. The van der Waals surface area contributed by atoms with Gasteiger partial charge in [0.25, 0.3) is 5.91 Å². The number of amides is 1. The lowest BCUT2D eigenvalue weighted by Gasteiger charge is -2.36. The number of carbonyl (C=O) groups is 1. The Balaban J connectivity index is 1.87. The standard InChI is InChI=1S/C14H19ClN2O2/c1-10-7-12(16)5-6-17(10)14(18)9-19-13-4-2-3-11(15)8-13/h2-4,8,10,12H,5-7,9,16H2,1H3. The zero-order valence-corrected chi connectivity index (χ0v) is 11.8. The molecule has 19 heavy (non-hydrogen) atoms. The Kier molecular flexibility index (Phi) is 4.66. The Labute approximate surface area is 118 Å². The highest BCUT2D eigenvalue weighted by molar-refractivity contribution is 6.30. The summed E-state index contributed by atoms with van der Waals surface area (Å²) in [6, 6.07) is 7.43. The van der Waals surface area contributed by atoms with Gasteiger partial charge >= 0.3 is 0 Å². The van der Waals surface area contributed by atoms with Crippen molar-refractivity contribution in [3.05, 3.63) is 29.3 Å². The second kappa shape index (κ2) is 6.26. The molecule has 104 valence electrons. The van der Waals surface area contributed by atoms with E-state index in [9.17, 15) is 4.79 Å². The second-order valence-corrected chi connectivity index (χ2v) is 5.40. The molecule has 2 rings (SSSR count). The van der Waals surface area contributed by atoms with Crippen molar-refractivity contribution < 1.29 is 9.53 Å². The molecule has 5 heteroatoms. The molecule has 0 aliphatic carbocycles. The average molecular weight is 283 g/mol. The fourth-order valence-corrected chi connectivity index (χ4v) is 2.54. The third-order valence-corrected chi connectivity index (χ3v) is 3.63. The van der Waals surface area contributed by atoms with Gasteiger partial charge in [-0.15, -0.1) is 0 Å². The number of ether oxygens (including phenoxy) is 1. The summed E-state index contributed by atoms with van der Waals surface area (Å²) in [5.41, 5.74) is 5.89. The summed E-state index contributed by atoms with van der Waals surface area (Å²) in [5.74, 6) is 0.613. The fourth-order valence-electron chi connectivity index (χ4n) is 2.36. The van der Waals surface area contributed by atoms with Crippen molar-refractivity contribution in [1.29, 1.82) is 0 Å². The number of hydrogen-bond donors (Lipinski definition) is 1. The number of halogens is 1. The molecule has 1 heterocycles. The van der Waals surface area contributed by atoms with Crippen LogP contribution in [-0.4, -0.2) is 36.0 Å². The number of rotatable bonds is 3. The maximum Gasteiger partial charge on any atom is 0.260 e. The molecule has 0 spiro atoms. The summed E-state index contributed by atoms with van der Waals surface area (Å²) < 4.78 is 5.47. The maximum atomic E-state index is 12.1. The molecule has 2 atom stereocenters. The van der Waals surface area contributed by atoms with Crippen LogP contribution in [0.25, 0.3) is 0 Å². The first kappa shape index (κ1) is 14.2. The molecule has 1 aliphatic heterocycles. The number of carbonyl (C=O) groups excluding carboxylic acids is 1. The minimum atomic E-state index is -0.000578. The van der Waals surface area contributed by atoms with Gasteiger partial charge in [0, 0.05) is 23.7 Å². The minimum absolute atomic E-state index is 0.000578. The molecule has 1 fully saturated rings. The number of piperidine rings is 1. The van der Waals surface area contributed by atoms with Crippen molar-refractivity contribution in [3.63, 3.8) is 0 Å². The first-order chi connectivity index (χ1) is 9.06. The molecule has 0 radical (unpaired) electrons. The lowest BCUT2D eigenvalue weighted by molar-refractivity contribution is -0.136. The van der Waals surface area contributed by atoms with Crippen LogP contribution >= 0.6 is 11.6 Å².